The maximum atomic E-state index is 12.3. The van der Waals surface area contributed by atoms with Gasteiger partial charge in [0.15, 0.2) is 0 Å². The molecule has 0 radical (unpaired) electrons. The van der Waals surface area contributed by atoms with E-state index in [9.17, 15) is 25.3 Å². The van der Waals surface area contributed by atoms with E-state index in [1.54, 1.807) is 24.3 Å². The monoisotopic (exact) mass is 380 g/mol. The minimum atomic E-state index is -0.727. The Morgan fingerprint density at radius 3 is 2.57 bits per heavy atom. The number of hydrogen-bond acceptors (Lipinski definition) is 6. The molecule has 2 aromatic carbocycles. The molecular formula is C20H20N4O4. The molecule has 0 fully saturated rings. The first-order chi connectivity index (χ1) is 13.4. The van der Waals surface area contributed by atoms with Crippen LogP contribution in [0.25, 0.3) is 6.08 Å². The third-order valence-electron chi connectivity index (χ3n) is 4.12. The lowest BCUT2D eigenvalue weighted by Crippen LogP contribution is -2.21. The second-order valence-electron chi connectivity index (χ2n) is 5.85. The van der Waals surface area contributed by atoms with Gasteiger partial charge in [-0.05, 0) is 38.1 Å². The van der Waals surface area contributed by atoms with Gasteiger partial charge in [-0.25, -0.2) is 0 Å². The number of phenols is 1. The van der Waals surface area contributed by atoms with E-state index < -0.39 is 10.8 Å². The molecule has 0 aromatic heterocycles. The second-order valence-corrected chi connectivity index (χ2v) is 5.85. The Kier molecular flexibility index (Phi) is 6.71. The second kappa shape index (κ2) is 9.19. The summed E-state index contributed by atoms with van der Waals surface area (Å²) < 4.78 is 0. The molecule has 8 heteroatoms. The maximum Gasteiger partial charge on any atom is 0.271 e. The van der Waals surface area contributed by atoms with E-state index in [0.717, 1.165) is 18.8 Å². The molecule has 0 saturated carbocycles. The van der Waals surface area contributed by atoms with Crippen LogP contribution in [0, 0.1) is 21.4 Å². The number of amides is 1. The van der Waals surface area contributed by atoms with Gasteiger partial charge in [0, 0.05) is 48.2 Å². The lowest BCUT2D eigenvalue weighted by atomic mass is 10.1. The minimum Gasteiger partial charge on any atom is -0.507 e. The van der Waals surface area contributed by atoms with Gasteiger partial charge in [0.25, 0.3) is 11.6 Å². The molecule has 0 atom stereocenters. The van der Waals surface area contributed by atoms with Crippen molar-refractivity contribution < 1.29 is 14.8 Å². The number of nitriles is 1. The number of phenolic OH excluding ortho intramolecular Hbond substituents is 1. The standard InChI is InChI=1S/C20H20N4O4/c1-3-23(4-2)17-9-8-14(19(25)12-17)10-15(13-21)20(26)22-16-6-5-7-18(11-16)24(27)28/h5-12,25H,3-4H2,1-2H3,(H,22,26)/b15-10+. The first kappa shape index (κ1) is 20.5. The Balaban J connectivity index is 2.26. The highest BCUT2D eigenvalue weighted by molar-refractivity contribution is 6.10. The van der Waals surface area contributed by atoms with Gasteiger partial charge in [0.2, 0.25) is 0 Å². The smallest absolute Gasteiger partial charge is 0.271 e. The van der Waals surface area contributed by atoms with Crippen LogP contribution >= 0.6 is 0 Å². The summed E-state index contributed by atoms with van der Waals surface area (Å²) in [5, 5.41) is 32.8. The van der Waals surface area contributed by atoms with Gasteiger partial charge in [-0.1, -0.05) is 6.07 Å². The Hall–Kier alpha value is -3.86. The number of rotatable bonds is 7. The highest BCUT2D eigenvalue weighted by Gasteiger charge is 2.13. The first-order valence-corrected chi connectivity index (χ1v) is 8.65. The molecule has 2 aromatic rings. The zero-order chi connectivity index (χ0) is 20.7. The van der Waals surface area contributed by atoms with Gasteiger partial charge in [0.1, 0.15) is 17.4 Å². The predicted molar refractivity (Wildman–Crippen MR) is 107 cm³/mol. The summed E-state index contributed by atoms with van der Waals surface area (Å²) in [6.07, 6.45) is 1.27. The molecule has 0 aliphatic heterocycles. The van der Waals surface area contributed by atoms with Crippen LogP contribution in [0.4, 0.5) is 17.1 Å². The number of anilines is 2. The van der Waals surface area contributed by atoms with E-state index in [0.29, 0.717) is 5.56 Å². The summed E-state index contributed by atoms with van der Waals surface area (Å²) in [7, 11) is 0. The number of nitrogens with zero attached hydrogens (tertiary/aromatic N) is 3. The number of nitro benzene ring substituents is 1. The maximum absolute atomic E-state index is 12.3. The van der Waals surface area contributed by atoms with Gasteiger partial charge in [0.05, 0.1) is 4.92 Å². The SMILES string of the molecule is CCN(CC)c1ccc(/C=C(\C#N)C(=O)Nc2cccc([N+](=O)[O-])c2)c(O)c1. The number of hydrogen-bond donors (Lipinski definition) is 2. The summed E-state index contributed by atoms with van der Waals surface area (Å²) in [4.78, 5) is 24.6. The molecule has 8 nitrogen and oxygen atoms in total. The number of non-ortho nitro benzene ring substituents is 1. The van der Waals surface area contributed by atoms with Crippen LogP contribution in [0.1, 0.15) is 19.4 Å². The van der Waals surface area contributed by atoms with Crippen molar-refractivity contribution in [1.29, 1.82) is 5.26 Å². The largest absolute Gasteiger partial charge is 0.507 e. The third kappa shape index (κ3) is 4.86. The molecule has 144 valence electrons. The zero-order valence-corrected chi connectivity index (χ0v) is 15.5. The Labute approximate surface area is 162 Å². The average Bonchev–Trinajstić information content (AvgIpc) is 2.68. The van der Waals surface area contributed by atoms with Crippen molar-refractivity contribution in [3.8, 4) is 11.8 Å². The summed E-state index contributed by atoms with van der Waals surface area (Å²) >= 11 is 0. The van der Waals surface area contributed by atoms with Crippen LogP contribution in [-0.4, -0.2) is 29.0 Å². The van der Waals surface area contributed by atoms with E-state index in [1.165, 1.54) is 30.3 Å². The predicted octanol–water partition coefficient (Wildman–Crippen LogP) is 3.69. The summed E-state index contributed by atoms with van der Waals surface area (Å²) in [6, 6.07) is 12.2. The summed E-state index contributed by atoms with van der Waals surface area (Å²) in [6.45, 7) is 5.56. The number of carbonyl (C=O) groups is 1. The summed E-state index contributed by atoms with van der Waals surface area (Å²) in [5.74, 6) is -0.782. The van der Waals surface area contributed by atoms with Gasteiger partial charge in [-0.15, -0.1) is 0 Å². The summed E-state index contributed by atoms with van der Waals surface area (Å²) in [5.41, 5.74) is 0.935. The quantitative estimate of drug-likeness (QED) is 0.327. The van der Waals surface area contributed by atoms with E-state index in [4.69, 9.17) is 0 Å². The van der Waals surface area contributed by atoms with Gasteiger partial charge >= 0.3 is 0 Å². The van der Waals surface area contributed by atoms with Crippen LogP contribution in [-0.2, 0) is 4.79 Å². The Morgan fingerprint density at radius 1 is 1.29 bits per heavy atom. The minimum absolute atomic E-state index is 0.0553. The first-order valence-electron chi connectivity index (χ1n) is 8.65. The van der Waals surface area contributed by atoms with Crippen molar-refractivity contribution in [2.45, 2.75) is 13.8 Å². The number of carbonyl (C=O) groups excluding carboxylic acids is 1. The van der Waals surface area contributed by atoms with E-state index in [2.05, 4.69) is 5.32 Å². The molecule has 0 unspecified atom stereocenters. The molecule has 0 bridgehead atoms. The lowest BCUT2D eigenvalue weighted by Gasteiger charge is -2.21. The fourth-order valence-corrected chi connectivity index (χ4v) is 2.64. The highest BCUT2D eigenvalue weighted by atomic mass is 16.6. The van der Waals surface area contributed by atoms with Gasteiger partial charge in [-0.3, -0.25) is 14.9 Å². The molecule has 0 heterocycles. The number of benzene rings is 2. The van der Waals surface area contributed by atoms with E-state index >= 15 is 0 Å². The number of aromatic hydroxyl groups is 1. The number of nitro groups is 1. The molecule has 0 spiro atoms. The van der Waals surface area contributed by atoms with Crippen molar-refractivity contribution >= 4 is 29.0 Å². The van der Waals surface area contributed by atoms with Gasteiger partial charge < -0.3 is 15.3 Å². The van der Waals surface area contributed by atoms with Crippen molar-refractivity contribution in [2.24, 2.45) is 0 Å². The Morgan fingerprint density at radius 2 is 2.00 bits per heavy atom. The van der Waals surface area contributed by atoms with Crippen molar-refractivity contribution in [3.63, 3.8) is 0 Å². The van der Waals surface area contributed by atoms with E-state index in [1.807, 2.05) is 18.7 Å². The zero-order valence-electron chi connectivity index (χ0n) is 15.5. The van der Waals surface area contributed by atoms with Crippen LogP contribution in [0.5, 0.6) is 5.75 Å². The van der Waals surface area contributed by atoms with Gasteiger partial charge in [-0.2, -0.15) is 5.26 Å². The van der Waals surface area contributed by atoms with Crippen molar-refractivity contribution in [1.82, 2.24) is 0 Å². The molecule has 0 saturated heterocycles. The van der Waals surface area contributed by atoms with Crippen LogP contribution in [0.2, 0.25) is 0 Å². The lowest BCUT2D eigenvalue weighted by molar-refractivity contribution is -0.384. The fourth-order valence-electron chi connectivity index (χ4n) is 2.64. The number of nitrogens with one attached hydrogen (secondary N) is 1. The van der Waals surface area contributed by atoms with Crippen molar-refractivity contribution in [2.75, 3.05) is 23.3 Å². The van der Waals surface area contributed by atoms with Crippen LogP contribution in [0.15, 0.2) is 48.0 Å². The molecule has 1 amide bonds. The van der Waals surface area contributed by atoms with Crippen LogP contribution in [0.3, 0.4) is 0 Å². The highest BCUT2D eigenvalue weighted by Crippen LogP contribution is 2.27. The van der Waals surface area contributed by atoms with E-state index in [-0.39, 0.29) is 22.7 Å². The molecular weight excluding hydrogens is 360 g/mol. The topological polar surface area (TPSA) is 120 Å². The molecule has 28 heavy (non-hydrogen) atoms. The molecule has 2 rings (SSSR count). The normalized spacial score (nSPS) is 10.8. The molecule has 0 aliphatic rings. The van der Waals surface area contributed by atoms with Crippen molar-refractivity contribution in [3.05, 3.63) is 63.7 Å². The fraction of sp³-hybridized carbons (Fsp3) is 0.200. The Bertz CT molecular complexity index is 959. The molecule has 2 N–H and O–H groups in total. The average molecular weight is 380 g/mol. The molecule has 0 aliphatic carbocycles. The third-order valence-corrected chi connectivity index (χ3v) is 4.12. The van der Waals surface area contributed by atoms with Crippen LogP contribution < -0.4 is 10.2 Å².